The van der Waals surface area contributed by atoms with Crippen LogP contribution in [0.3, 0.4) is 0 Å². The molecular weight excluding hydrogens is 460 g/mol. The molecule has 0 radical (unpaired) electrons. The van der Waals surface area contributed by atoms with E-state index in [1.807, 2.05) is 0 Å². The third-order valence-electron chi connectivity index (χ3n) is 6.84. The summed E-state index contributed by atoms with van der Waals surface area (Å²) in [6.07, 6.45) is -2.31. The van der Waals surface area contributed by atoms with Gasteiger partial charge in [-0.2, -0.15) is 0 Å². The molecule has 1 heterocycles. The van der Waals surface area contributed by atoms with E-state index >= 15 is 4.39 Å². The quantitative estimate of drug-likeness (QED) is 0.638. The Hall–Kier alpha value is -2.46. The van der Waals surface area contributed by atoms with Gasteiger partial charge in [-0.3, -0.25) is 4.79 Å². The minimum atomic E-state index is -3.78. The van der Waals surface area contributed by atoms with E-state index < -0.39 is 73.7 Å². The highest BCUT2D eigenvalue weighted by molar-refractivity contribution is 7.92. The summed E-state index contributed by atoms with van der Waals surface area (Å²) in [5, 5.41) is 1.24. The number of nitrogens with two attached hydrogens (primary N) is 1. The summed E-state index contributed by atoms with van der Waals surface area (Å²) in [4.78, 5) is 11.9. The predicted molar refractivity (Wildman–Crippen MR) is 114 cm³/mol. The number of hydrogen-bond acceptors (Lipinski definition) is 4. The molecule has 1 saturated heterocycles. The van der Waals surface area contributed by atoms with Crippen LogP contribution in [0.1, 0.15) is 41.7 Å². The Bertz CT molecular complexity index is 1180. The molecule has 1 aliphatic carbocycles. The smallest absolute Gasteiger partial charge is 0.250 e. The van der Waals surface area contributed by atoms with Crippen LogP contribution in [0.5, 0.6) is 0 Å². The number of sulfone groups is 1. The van der Waals surface area contributed by atoms with E-state index in [0.717, 1.165) is 6.07 Å². The lowest BCUT2D eigenvalue weighted by Crippen LogP contribution is -2.57. The summed E-state index contributed by atoms with van der Waals surface area (Å²) < 4.78 is 83.7. The van der Waals surface area contributed by atoms with Crippen LogP contribution in [-0.2, 0) is 26.5 Å². The molecule has 2 aromatic rings. The van der Waals surface area contributed by atoms with E-state index in [4.69, 9.17) is 5.73 Å². The number of halogens is 4. The standard InChI is InChI=1S/C23H24F4N2O3S/c1-13-19(33(31,32)20(10-29-13)14-5-3-2-4-6-14)8-15-7-18(25)16(9-17(15)24)22(21(28)30)11-23(26,27)12-22/h2-7,9,13,19-20,29H,8,10-12H2,1H3,(H2,28,30)/t13-,19?,20-/m0/s1. The summed E-state index contributed by atoms with van der Waals surface area (Å²) >= 11 is 0. The highest BCUT2D eigenvalue weighted by Gasteiger charge is 2.62. The molecule has 5 nitrogen and oxygen atoms in total. The fourth-order valence-corrected chi connectivity index (χ4v) is 7.32. The number of benzene rings is 2. The maximum atomic E-state index is 15.0. The largest absolute Gasteiger partial charge is 0.369 e. The number of primary amides is 1. The predicted octanol–water partition coefficient (Wildman–Crippen LogP) is 3.18. The molecule has 0 spiro atoms. The van der Waals surface area contributed by atoms with E-state index in [1.165, 1.54) is 0 Å². The van der Waals surface area contributed by atoms with Crippen LogP contribution in [0.25, 0.3) is 0 Å². The number of carbonyl (C=O) groups is 1. The summed E-state index contributed by atoms with van der Waals surface area (Å²) in [6.45, 7) is 1.85. The zero-order valence-electron chi connectivity index (χ0n) is 17.8. The monoisotopic (exact) mass is 484 g/mol. The van der Waals surface area contributed by atoms with Crippen LogP contribution >= 0.6 is 0 Å². The molecule has 33 heavy (non-hydrogen) atoms. The first kappa shape index (κ1) is 23.7. The van der Waals surface area contributed by atoms with E-state index in [1.54, 1.807) is 37.3 Å². The molecule has 1 unspecified atom stereocenters. The molecule has 3 N–H and O–H groups in total. The van der Waals surface area contributed by atoms with E-state index in [2.05, 4.69) is 5.32 Å². The molecular formula is C23H24F4N2O3S. The molecule has 10 heteroatoms. The van der Waals surface area contributed by atoms with Crippen molar-refractivity contribution in [2.24, 2.45) is 5.73 Å². The van der Waals surface area contributed by atoms with Gasteiger partial charge < -0.3 is 11.1 Å². The highest BCUT2D eigenvalue weighted by Crippen LogP contribution is 2.54. The van der Waals surface area contributed by atoms with Crippen molar-refractivity contribution >= 4 is 15.7 Å². The van der Waals surface area contributed by atoms with Gasteiger partial charge >= 0.3 is 0 Å². The maximum Gasteiger partial charge on any atom is 0.250 e. The van der Waals surface area contributed by atoms with Crippen LogP contribution in [0.2, 0.25) is 0 Å². The molecule has 2 fully saturated rings. The van der Waals surface area contributed by atoms with E-state index in [9.17, 15) is 26.4 Å². The Labute approximate surface area is 189 Å². The molecule has 3 atom stereocenters. The third-order valence-corrected chi connectivity index (χ3v) is 9.49. The Morgan fingerprint density at radius 3 is 2.33 bits per heavy atom. The Morgan fingerprint density at radius 2 is 1.76 bits per heavy atom. The van der Waals surface area contributed by atoms with Gasteiger partial charge in [-0.15, -0.1) is 0 Å². The van der Waals surface area contributed by atoms with Crippen molar-refractivity contribution < 1.29 is 30.8 Å². The molecule has 1 amide bonds. The van der Waals surface area contributed by atoms with Gasteiger partial charge in [-0.05, 0) is 36.6 Å². The van der Waals surface area contributed by atoms with Crippen LogP contribution in [0, 0.1) is 11.6 Å². The highest BCUT2D eigenvalue weighted by atomic mass is 32.2. The number of carbonyl (C=O) groups excluding carboxylic acids is 1. The first-order valence-corrected chi connectivity index (χ1v) is 12.2. The lowest BCUT2D eigenvalue weighted by molar-refractivity contribution is -0.156. The average molecular weight is 485 g/mol. The molecule has 0 aromatic heterocycles. The number of rotatable bonds is 5. The van der Waals surface area contributed by atoms with Gasteiger partial charge in [-0.25, -0.2) is 26.0 Å². The minimum absolute atomic E-state index is 0.190. The fourth-order valence-electron chi connectivity index (χ4n) is 4.96. The lowest BCUT2D eigenvalue weighted by Gasteiger charge is -2.45. The van der Waals surface area contributed by atoms with Crippen LogP contribution in [-0.4, -0.2) is 38.1 Å². The van der Waals surface area contributed by atoms with Crippen molar-refractivity contribution in [2.75, 3.05) is 6.54 Å². The molecule has 2 aromatic carbocycles. The maximum absolute atomic E-state index is 15.0. The Kier molecular flexibility index (Phi) is 5.81. The summed E-state index contributed by atoms with van der Waals surface area (Å²) in [5.74, 6) is -6.38. The van der Waals surface area contributed by atoms with Crippen LogP contribution in [0.4, 0.5) is 17.6 Å². The van der Waals surface area contributed by atoms with E-state index in [-0.39, 0.29) is 18.5 Å². The van der Waals surface area contributed by atoms with Crippen molar-refractivity contribution in [1.29, 1.82) is 0 Å². The molecule has 0 bridgehead atoms. The zero-order valence-corrected chi connectivity index (χ0v) is 18.6. The Balaban J connectivity index is 1.66. The van der Waals surface area contributed by atoms with Gasteiger partial charge in [0.05, 0.1) is 15.9 Å². The first-order valence-electron chi connectivity index (χ1n) is 10.5. The van der Waals surface area contributed by atoms with Crippen LogP contribution in [0.15, 0.2) is 42.5 Å². The van der Waals surface area contributed by atoms with Crippen molar-refractivity contribution in [3.63, 3.8) is 0 Å². The molecule has 1 aliphatic heterocycles. The van der Waals surface area contributed by atoms with Crippen molar-refractivity contribution in [1.82, 2.24) is 5.32 Å². The average Bonchev–Trinajstić information content (AvgIpc) is 2.71. The topological polar surface area (TPSA) is 89.3 Å². The molecule has 2 aliphatic rings. The van der Waals surface area contributed by atoms with Crippen molar-refractivity contribution in [2.45, 2.75) is 54.1 Å². The Morgan fingerprint density at radius 1 is 1.12 bits per heavy atom. The van der Waals surface area contributed by atoms with Crippen LogP contribution < -0.4 is 11.1 Å². The van der Waals surface area contributed by atoms with Gasteiger partial charge in [-0.1, -0.05) is 30.3 Å². The third kappa shape index (κ3) is 4.03. The lowest BCUT2D eigenvalue weighted by atomic mass is 9.61. The van der Waals surface area contributed by atoms with Gasteiger partial charge in [0.2, 0.25) is 5.91 Å². The first-order chi connectivity index (χ1) is 15.4. The van der Waals surface area contributed by atoms with E-state index in [0.29, 0.717) is 11.6 Å². The summed E-state index contributed by atoms with van der Waals surface area (Å²) in [6, 6.07) is 9.58. The number of hydrogen-bond donors (Lipinski definition) is 2. The summed E-state index contributed by atoms with van der Waals surface area (Å²) in [7, 11) is -3.78. The second kappa shape index (κ2) is 8.09. The molecule has 4 rings (SSSR count). The molecule has 178 valence electrons. The zero-order chi connectivity index (χ0) is 24.2. The van der Waals surface area contributed by atoms with Gasteiger partial charge in [0.1, 0.15) is 11.6 Å². The SMILES string of the molecule is C[C@@H]1NC[C@@H](c2ccccc2)S(=O)(=O)C1Cc1cc(F)c(C2(C(N)=O)CC(F)(F)C2)cc1F. The minimum Gasteiger partial charge on any atom is -0.369 e. The number of amides is 1. The van der Waals surface area contributed by atoms with Crippen molar-refractivity contribution in [3.05, 3.63) is 70.8 Å². The fraction of sp³-hybridized carbons (Fsp3) is 0.435. The normalized spacial score (nSPS) is 27.5. The number of alkyl halides is 2. The molecule has 1 saturated carbocycles. The second-order valence-electron chi connectivity index (χ2n) is 9.01. The second-order valence-corrected chi connectivity index (χ2v) is 11.4. The van der Waals surface area contributed by atoms with Gasteiger partial charge in [0, 0.05) is 31.0 Å². The van der Waals surface area contributed by atoms with Gasteiger partial charge in [0.25, 0.3) is 5.92 Å². The number of nitrogens with one attached hydrogen (secondary N) is 1. The van der Waals surface area contributed by atoms with Crippen molar-refractivity contribution in [3.8, 4) is 0 Å². The van der Waals surface area contributed by atoms with Gasteiger partial charge in [0.15, 0.2) is 9.84 Å². The summed E-state index contributed by atoms with van der Waals surface area (Å²) in [5.41, 5.74) is 3.14.